The van der Waals surface area contributed by atoms with E-state index in [4.69, 9.17) is 4.11 Å². The van der Waals surface area contributed by atoms with E-state index in [-0.39, 0.29) is 0 Å². The van der Waals surface area contributed by atoms with Crippen LogP contribution in [0.4, 0.5) is 0 Å². The Morgan fingerprint density at radius 3 is 2.43 bits per heavy atom. The largest absolute Gasteiger partial charge is 0.0622 e. The van der Waals surface area contributed by atoms with E-state index >= 15 is 0 Å². The summed E-state index contributed by atoms with van der Waals surface area (Å²) >= 11 is 0. The zero-order chi connectivity index (χ0) is 12.5. The van der Waals surface area contributed by atoms with Gasteiger partial charge in [-0.1, -0.05) is 54.1 Å². The zero-order valence-corrected chi connectivity index (χ0v) is 8.12. The van der Waals surface area contributed by atoms with Crippen LogP contribution in [0.5, 0.6) is 0 Å². The molecule has 0 saturated carbocycles. The van der Waals surface area contributed by atoms with E-state index in [1.165, 1.54) is 0 Å². The van der Waals surface area contributed by atoms with Crippen LogP contribution in [0.3, 0.4) is 0 Å². The first-order chi connectivity index (χ1) is 7.98. The van der Waals surface area contributed by atoms with Crippen molar-refractivity contribution in [3.8, 4) is 11.1 Å². The molecule has 0 unspecified atom stereocenters. The number of rotatable bonds is 1. The standard InChI is InChI=1S/C14H14/c1-11-8-9-14(12(2)10-11)13-6-4-3-5-7-13/h3-10H,1-2H3/i1D3. The summed E-state index contributed by atoms with van der Waals surface area (Å²) in [5.74, 6) is 0. The van der Waals surface area contributed by atoms with Gasteiger partial charge in [0.1, 0.15) is 0 Å². The van der Waals surface area contributed by atoms with Crippen LogP contribution in [-0.2, 0) is 0 Å². The summed E-state index contributed by atoms with van der Waals surface area (Å²) in [4.78, 5) is 0. The van der Waals surface area contributed by atoms with Gasteiger partial charge in [-0.2, -0.15) is 0 Å². The van der Waals surface area contributed by atoms with Gasteiger partial charge in [-0.15, -0.1) is 0 Å². The molecule has 0 heterocycles. The lowest BCUT2D eigenvalue weighted by atomic mass is 9.99. The van der Waals surface area contributed by atoms with Crippen molar-refractivity contribution in [1.29, 1.82) is 0 Å². The molecule has 0 radical (unpaired) electrons. The van der Waals surface area contributed by atoms with Gasteiger partial charge in [0.2, 0.25) is 0 Å². The lowest BCUT2D eigenvalue weighted by molar-refractivity contribution is 1.38. The summed E-state index contributed by atoms with van der Waals surface area (Å²) in [6.07, 6.45) is 0. The van der Waals surface area contributed by atoms with Crippen molar-refractivity contribution in [2.24, 2.45) is 0 Å². The van der Waals surface area contributed by atoms with E-state index in [9.17, 15) is 0 Å². The molecule has 2 aromatic carbocycles. The fraction of sp³-hybridized carbons (Fsp3) is 0.143. The quantitative estimate of drug-likeness (QED) is 0.630. The fourth-order valence-electron chi connectivity index (χ4n) is 1.61. The third kappa shape index (κ3) is 1.69. The summed E-state index contributed by atoms with van der Waals surface area (Å²) in [5, 5.41) is 0. The Balaban J connectivity index is 2.46. The van der Waals surface area contributed by atoms with E-state index in [0.717, 1.165) is 16.7 Å². The molecular formula is C14H14. The molecule has 0 N–H and O–H groups in total. The molecule has 70 valence electrons. The molecule has 0 aromatic heterocycles. The number of aryl methyl sites for hydroxylation is 2. The second-order valence-electron chi connectivity index (χ2n) is 3.40. The van der Waals surface area contributed by atoms with Gasteiger partial charge in [-0.3, -0.25) is 0 Å². The van der Waals surface area contributed by atoms with Gasteiger partial charge in [0.15, 0.2) is 0 Å². The van der Waals surface area contributed by atoms with Gasteiger partial charge in [0.25, 0.3) is 0 Å². The van der Waals surface area contributed by atoms with E-state index in [0.29, 0.717) is 5.56 Å². The predicted octanol–water partition coefficient (Wildman–Crippen LogP) is 3.97. The maximum absolute atomic E-state index is 7.38. The summed E-state index contributed by atoms with van der Waals surface area (Å²) in [6.45, 7) is -0.0858. The van der Waals surface area contributed by atoms with E-state index in [2.05, 4.69) is 0 Å². The molecule has 0 amide bonds. The molecule has 0 aliphatic carbocycles. The van der Waals surface area contributed by atoms with E-state index in [1.807, 2.05) is 43.3 Å². The summed E-state index contributed by atoms with van der Waals surface area (Å²) in [5.41, 5.74) is 3.58. The topological polar surface area (TPSA) is 0 Å². The Labute approximate surface area is 89.4 Å². The highest BCUT2D eigenvalue weighted by Gasteiger charge is 1.99. The normalized spacial score (nSPS) is 14.2. The predicted molar refractivity (Wildman–Crippen MR) is 61.4 cm³/mol. The Morgan fingerprint density at radius 2 is 1.79 bits per heavy atom. The van der Waals surface area contributed by atoms with Crippen LogP contribution < -0.4 is 0 Å². The highest BCUT2D eigenvalue weighted by molar-refractivity contribution is 5.67. The van der Waals surface area contributed by atoms with Crippen molar-refractivity contribution in [2.75, 3.05) is 0 Å². The average Bonchev–Trinajstić information content (AvgIpc) is 2.29. The maximum atomic E-state index is 7.38. The molecule has 2 rings (SSSR count). The number of benzene rings is 2. The maximum Gasteiger partial charge on any atom is 0.0280 e. The molecule has 0 atom stereocenters. The number of hydrogen-bond donors (Lipinski definition) is 0. The van der Waals surface area contributed by atoms with Gasteiger partial charge in [0, 0.05) is 4.11 Å². The molecule has 0 fully saturated rings. The second kappa shape index (κ2) is 3.67. The lowest BCUT2D eigenvalue weighted by Gasteiger charge is -2.06. The monoisotopic (exact) mass is 185 g/mol. The van der Waals surface area contributed by atoms with Gasteiger partial charge < -0.3 is 0 Å². The molecule has 0 aliphatic heterocycles. The minimum absolute atomic E-state index is 0.398. The summed E-state index contributed by atoms with van der Waals surface area (Å²) in [6, 6.07) is 15.3. The first kappa shape index (κ1) is 6.02. The first-order valence-corrected chi connectivity index (χ1v) is 4.65. The minimum Gasteiger partial charge on any atom is -0.0622 e. The number of hydrogen-bond acceptors (Lipinski definition) is 0. The summed E-state index contributed by atoms with van der Waals surface area (Å²) in [7, 11) is 0. The van der Waals surface area contributed by atoms with Gasteiger partial charge >= 0.3 is 0 Å². The van der Waals surface area contributed by atoms with E-state index in [1.54, 1.807) is 12.1 Å². The molecule has 14 heavy (non-hydrogen) atoms. The Hall–Kier alpha value is -1.56. The van der Waals surface area contributed by atoms with Crippen molar-refractivity contribution < 1.29 is 4.11 Å². The third-order valence-electron chi connectivity index (χ3n) is 2.31. The molecule has 0 aliphatic rings. The van der Waals surface area contributed by atoms with Crippen LogP contribution in [-0.4, -0.2) is 0 Å². The molecular weight excluding hydrogens is 168 g/mol. The van der Waals surface area contributed by atoms with Crippen LogP contribution in [0.2, 0.25) is 0 Å². The Kier molecular flexibility index (Phi) is 1.58. The van der Waals surface area contributed by atoms with Gasteiger partial charge in [0.05, 0.1) is 0 Å². The molecule has 2 aromatic rings. The molecule has 0 saturated heterocycles. The van der Waals surface area contributed by atoms with Crippen molar-refractivity contribution >= 4 is 0 Å². The zero-order valence-electron chi connectivity index (χ0n) is 11.1. The smallest absolute Gasteiger partial charge is 0.0280 e. The molecule has 0 heteroatoms. The SMILES string of the molecule is [2H]C([2H])([2H])c1ccc(-c2ccccc2)c(C)c1. The van der Waals surface area contributed by atoms with Crippen LogP contribution in [0.25, 0.3) is 11.1 Å². The van der Waals surface area contributed by atoms with E-state index < -0.39 is 6.85 Å². The minimum atomic E-state index is -2.03. The fourth-order valence-corrected chi connectivity index (χ4v) is 1.61. The Morgan fingerprint density at radius 1 is 1.00 bits per heavy atom. The van der Waals surface area contributed by atoms with Crippen LogP contribution in [0, 0.1) is 13.8 Å². The van der Waals surface area contributed by atoms with Crippen molar-refractivity contribution in [3.63, 3.8) is 0 Å². The van der Waals surface area contributed by atoms with Crippen molar-refractivity contribution in [3.05, 3.63) is 59.7 Å². The Bertz CT molecular complexity index is 513. The third-order valence-corrected chi connectivity index (χ3v) is 2.31. The van der Waals surface area contributed by atoms with Crippen molar-refractivity contribution in [2.45, 2.75) is 13.8 Å². The highest BCUT2D eigenvalue weighted by atomic mass is 14.0. The van der Waals surface area contributed by atoms with Crippen LogP contribution in [0.1, 0.15) is 15.2 Å². The van der Waals surface area contributed by atoms with Gasteiger partial charge in [-0.05, 0) is 30.5 Å². The van der Waals surface area contributed by atoms with Gasteiger partial charge in [-0.25, -0.2) is 0 Å². The molecule has 0 nitrogen and oxygen atoms in total. The summed E-state index contributed by atoms with van der Waals surface area (Å²) < 4.78 is 22.1. The van der Waals surface area contributed by atoms with Crippen LogP contribution >= 0.6 is 0 Å². The first-order valence-electron chi connectivity index (χ1n) is 6.15. The van der Waals surface area contributed by atoms with Crippen molar-refractivity contribution in [1.82, 2.24) is 0 Å². The van der Waals surface area contributed by atoms with Crippen LogP contribution in [0.15, 0.2) is 48.5 Å². The average molecular weight is 185 g/mol. The highest BCUT2D eigenvalue weighted by Crippen LogP contribution is 2.23. The molecule has 0 spiro atoms. The second-order valence-corrected chi connectivity index (χ2v) is 3.40. The lowest BCUT2D eigenvalue weighted by Crippen LogP contribution is -1.83. The molecule has 0 bridgehead atoms.